The average Bonchev–Trinajstić information content (AvgIpc) is 2.34. The molecule has 1 aliphatic heterocycles. The van der Waals surface area contributed by atoms with Crippen LogP contribution in [0, 0.1) is 11.3 Å². The summed E-state index contributed by atoms with van der Waals surface area (Å²) in [6.07, 6.45) is 5.53. The highest BCUT2D eigenvalue weighted by atomic mass is 31.2. The lowest BCUT2D eigenvalue weighted by Gasteiger charge is -2.48. The Morgan fingerprint density at radius 3 is 1.94 bits per heavy atom. The Hall–Kier alpha value is 0.150. The molecule has 1 aliphatic carbocycles. The van der Waals surface area contributed by atoms with Gasteiger partial charge in [-0.05, 0) is 18.8 Å². The van der Waals surface area contributed by atoms with Crippen LogP contribution in [0.3, 0.4) is 0 Å². The summed E-state index contributed by atoms with van der Waals surface area (Å²) in [5.74, 6) is 0.352. The lowest BCUT2D eigenvalue weighted by Crippen LogP contribution is -2.43. The fourth-order valence-corrected chi connectivity index (χ4v) is 6.31. The lowest BCUT2D eigenvalue weighted by molar-refractivity contribution is 0.0243. The van der Waals surface area contributed by atoms with Crippen molar-refractivity contribution < 1.29 is 13.6 Å². The van der Waals surface area contributed by atoms with Crippen molar-refractivity contribution >= 4 is 7.60 Å². The standard InChI is InChI=1S/C14H27O3P/c1-12(2)14(8-6-5-7-9-14)18(15)16-10-13(3,4)11-17-18/h12H,5-11H2,1-4H3. The van der Waals surface area contributed by atoms with Gasteiger partial charge in [-0.2, -0.15) is 0 Å². The van der Waals surface area contributed by atoms with Gasteiger partial charge in [-0.25, -0.2) is 0 Å². The van der Waals surface area contributed by atoms with Crippen molar-refractivity contribution in [2.45, 2.75) is 65.0 Å². The molecule has 18 heavy (non-hydrogen) atoms. The third-order valence-electron chi connectivity index (χ3n) is 4.59. The normalized spacial score (nSPS) is 30.3. The van der Waals surface area contributed by atoms with E-state index in [1.54, 1.807) is 0 Å². The van der Waals surface area contributed by atoms with E-state index in [1.165, 1.54) is 6.42 Å². The van der Waals surface area contributed by atoms with Gasteiger partial charge in [0.25, 0.3) is 0 Å². The van der Waals surface area contributed by atoms with E-state index in [9.17, 15) is 4.57 Å². The van der Waals surface area contributed by atoms with Gasteiger partial charge >= 0.3 is 7.60 Å². The predicted molar refractivity (Wildman–Crippen MR) is 73.9 cm³/mol. The maximum atomic E-state index is 13.2. The van der Waals surface area contributed by atoms with Crippen LogP contribution in [0.1, 0.15) is 59.8 Å². The van der Waals surface area contributed by atoms with Gasteiger partial charge in [0.1, 0.15) is 0 Å². The summed E-state index contributed by atoms with van der Waals surface area (Å²) >= 11 is 0. The zero-order valence-corrected chi connectivity index (χ0v) is 13.1. The largest absolute Gasteiger partial charge is 0.337 e. The molecule has 0 atom stereocenters. The fourth-order valence-electron chi connectivity index (χ4n) is 3.19. The first-order chi connectivity index (χ1) is 8.31. The van der Waals surface area contributed by atoms with Crippen LogP contribution < -0.4 is 0 Å². The van der Waals surface area contributed by atoms with Gasteiger partial charge in [-0.15, -0.1) is 0 Å². The van der Waals surface area contributed by atoms with E-state index in [2.05, 4.69) is 27.7 Å². The molecule has 1 saturated carbocycles. The second-order valence-corrected chi connectivity index (χ2v) is 9.43. The molecule has 1 heterocycles. The molecule has 0 unspecified atom stereocenters. The first-order valence-electron chi connectivity index (χ1n) is 7.21. The highest BCUT2D eigenvalue weighted by Crippen LogP contribution is 2.69. The summed E-state index contributed by atoms with van der Waals surface area (Å²) in [5, 5.41) is -0.234. The van der Waals surface area contributed by atoms with Gasteiger partial charge in [0.15, 0.2) is 0 Å². The van der Waals surface area contributed by atoms with E-state index in [0.29, 0.717) is 19.1 Å². The molecule has 0 radical (unpaired) electrons. The molecule has 106 valence electrons. The van der Waals surface area contributed by atoms with E-state index in [-0.39, 0.29) is 10.6 Å². The Bertz CT molecular complexity index is 329. The van der Waals surface area contributed by atoms with Crippen LogP contribution in [0.25, 0.3) is 0 Å². The van der Waals surface area contributed by atoms with Crippen LogP contribution in [-0.4, -0.2) is 18.4 Å². The van der Waals surface area contributed by atoms with E-state index < -0.39 is 7.60 Å². The van der Waals surface area contributed by atoms with Crippen molar-refractivity contribution in [2.24, 2.45) is 11.3 Å². The van der Waals surface area contributed by atoms with Crippen molar-refractivity contribution in [3.8, 4) is 0 Å². The maximum Gasteiger partial charge on any atom is 0.337 e. The number of hydrogen-bond acceptors (Lipinski definition) is 3. The first-order valence-corrected chi connectivity index (χ1v) is 8.75. The first kappa shape index (κ1) is 14.6. The maximum absolute atomic E-state index is 13.2. The van der Waals surface area contributed by atoms with E-state index >= 15 is 0 Å². The van der Waals surface area contributed by atoms with Gasteiger partial charge in [0.2, 0.25) is 0 Å². The van der Waals surface area contributed by atoms with Gasteiger partial charge in [0.05, 0.1) is 18.4 Å². The van der Waals surface area contributed by atoms with Crippen molar-refractivity contribution in [1.82, 2.24) is 0 Å². The summed E-state index contributed by atoms with van der Waals surface area (Å²) in [6.45, 7) is 9.63. The zero-order valence-electron chi connectivity index (χ0n) is 12.2. The molecule has 2 fully saturated rings. The summed E-state index contributed by atoms with van der Waals surface area (Å²) in [5.41, 5.74) is -0.0131. The minimum atomic E-state index is -2.96. The second-order valence-electron chi connectivity index (χ2n) is 7.03. The highest BCUT2D eigenvalue weighted by molar-refractivity contribution is 7.55. The van der Waals surface area contributed by atoms with Gasteiger partial charge < -0.3 is 9.05 Å². The van der Waals surface area contributed by atoms with E-state index in [4.69, 9.17) is 9.05 Å². The molecule has 0 bridgehead atoms. The quantitative estimate of drug-likeness (QED) is 0.690. The molecule has 0 aromatic rings. The number of hydrogen-bond donors (Lipinski definition) is 0. The predicted octanol–water partition coefficient (Wildman–Crippen LogP) is 4.61. The van der Waals surface area contributed by atoms with Crippen molar-refractivity contribution in [3.05, 3.63) is 0 Å². The lowest BCUT2D eigenvalue weighted by atomic mass is 9.81. The Balaban J connectivity index is 2.23. The zero-order chi connectivity index (χ0) is 13.4. The minimum Gasteiger partial charge on any atom is -0.308 e. The van der Waals surface area contributed by atoms with Crippen molar-refractivity contribution in [2.75, 3.05) is 13.2 Å². The average molecular weight is 274 g/mol. The Kier molecular flexibility index (Phi) is 3.98. The highest BCUT2D eigenvalue weighted by Gasteiger charge is 2.55. The van der Waals surface area contributed by atoms with Gasteiger partial charge in [0, 0.05) is 5.41 Å². The summed E-state index contributed by atoms with van der Waals surface area (Å²) < 4.78 is 24.8. The molecule has 0 N–H and O–H groups in total. The number of rotatable bonds is 2. The monoisotopic (exact) mass is 274 g/mol. The van der Waals surface area contributed by atoms with Crippen LogP contribution in [-0.2, 0) is 13.6 Å². The Morgan fingerprint density at radius 1 is 1.00 bits per heavy atom. The molecular weight excluding hydrogens is 247 g/mol. The van der Waals surface area contributed by atoms with Crippen LogP contribution in [0.5, 0.6) is 0 Å². The smallest absolute Gasteiger partial charge is 0.308 e. The third-order valence-corrected chi connectivity index (χ3v) is 7.58. The molecular formula is C14H27O3P. The summed E-state index contributed by atoms with van der Waals surface area (Å²) in [7, 11) is -2.96. The summed E-state index contributed by atoms with van der Waals surface area (Å²) in [4.78, 5) is 0. The minimum absolute atomic E-state index is 0.0131. The topological polar surface area (TPSA) is 35.5 Å². The van der Waals surface area contributed by atoms with Crippen molar-refractivity contribution in [3.63, 3.8) is 0 Å². The molecule has 0 spiro atoms. The Labute approximate surface area is 111 Å². The van der Waals surface area contributed by atoms with Gasteiger partial charge in [-0.1, -0.05) is 47.0 Å². The molecule has 0 aromatic heterocycles. The molecule has 3 nitrogen and oxygen atoms in total. The van der Waals surface area contributed by atoms with Crippen LogP contribution >= 0.6 is 7.60 Å². The van der Waals surface area contributed by atoms with Crippen LogP contribution in [0.4, 0.5) is 0 Å². The SMILES string of the molecule is CC(C)C1(P2(=O)OCC(C)(C)CO2)CCCCC1. The van der Waals surface area contributed by atoms with Crippen LogP contribution in [0.15, 0.2) is 0 Å². The van der Waals surface area contributed by atoms with Crippen molar-refractivity contribution in [1.29, 1.82) is 0 Å². The van der Waals surface area contributed by atoms with Crippen LogP contribution in [0.2, 0.25) is 0 Å². The molecule has 0 aromatic carbocycles. The fraction of sp³-hybridized carbons (Fsp3) is 1.00. The van der Waals surface area contributed by atoms with E-state index in [0.717, 1.165) is 25.7 Å². The molecule has 2 rings (SSSR count). The Morgan fingerprint density at radius 2 is 1.50 bits per heavy atom. The third kappa shape index (κ3) is 2.42. The second kappa shape index (κ2) is 4.92. The summed E-state index contributed by atoms with van der Waals surface area (Å²) in [6, 6.07) is 0. The molecule has 2 aliphatic rings. The molecule has 1 saturated heterocycles. The molecule has 4 heteroatoms. The van der Waals surface area contributed by atoms with Gasteiger partial charge in [-0.3, -0.25) is 4.57 Å². The van der Waals surface area contributed by atoms with E-state index in [1.807, 2.05) is 0 Å². The molecule has 0 amide bonds.